The van der Waals surface area contributed by atoms with E-state index >= 15 is 0 Å². The highest BCUT2D eigenvalue weighted by molar-refractivity contribution is 5.83. The van der Waals surface area contributed by atoms with Crippen molar-refractivity contribution in [2.45, 2.75) is 112 Å². The topological polar surface area (TPSA) is 51.2 Å². The summed E-state index contributed by atoms with van der Waals surface area (Å²) in [6.07, 6.45) is 10.5. The normalized spacial score (nSPS) is 10.8. The van der Waals surface area contributed by atoms with Gasteiger partial charge in [-0.15, -0.1) is 0 Å². The number of carbonyl (C=O) groups excluding carboxylic acids is 3. The van der Waals surface area contributed by atoms with Crippen molar-refractivity contribution in [1.29, 1.82) is 0 Å². The average Bonchev–Trinajstić information content (AvgIpc) is 2.43. The average molecular weight is 341 g/mol. The maximum absolute atomic E-state index is 11.4. The van der Waals surface area contributed by atoms with Crippen LogP contribution in [-0.2, 0) is 14.4 Å². The van der Waals surface area contributed by atoms with E-state index in [0.29, 0.717) is 19.3 Å². The number of ketones is 3. The predicted octanol–water partition coefficient (Wildman–Crippen LogP) is 6.08. The lowest BCUT2D eigenvalue weighted by Crippen LogP contribution is -2.29. The van der Waals surface area contributed by atoms with Gasteiger partial charge in [0.05, 0.1) is 0 Å². The molecule has 0 saturated heterocycles. The Morgan fingerprint density at radius 2 is 0.875 bits per heavy atom. The molecule has 0 rings (SSSR count). The second-order valence-electron chi connectivity index (χ2n) is 7.30. The van der Waals surface area contributed by atoms with Crippen molar-refractivity contribution in [2.24, 2.45) is 5.41 Å². The van der Waals surface area contributed by atoms with Crippen molar-refractivity contribution in [3.63, 3.8) is 0 Å². The fourth-order valence-electron chi connectivity index (χ4n) is 3.29. The molecule has 0 aliphatic carbocycles. The van der Waals surface area contributed by atoms with Crippen molar-refractivity contribution in [3.05, 3.63) is 0 Å². The first-order valence-corrected chi connectivity index (χ1v) is 9.71. The molecule has 0 aliphatic rings. The van der Waals surface area contributed by atoms with Crippen LogP contribution in [0.1, 0.15) is 112 Å². The van der Waals surface area contributed by atoms with Gasteiger partial charge in [-0.2, -0.15) is 0 Å². The Kier molecular flexibility index (Phi) is 16.3. The zero-order valence-electron chi connectivity index (χ0n) is 17.0. The minimum absolute atomic E-state index is 0.0639. The van der Waals surface area contributed by atoms with Gasteiger partial charge in [-0.1, -0.05) is 65.7 Å². The molecule has 0 amide bonds. The second-order valence-corrected chi connectivity index (χ2v) is 7.30. The van der Waals surface area contributed by atoms with Crippen molar-refractivity contribution in [2.75, 3.05) is 0 Å². The van der Waals surface area contributed by atoms with E-state index in [0.717, 1.165) is 25.7 Å². The van der Waals surface area contributed by atoms with Gasteiger partial charge < -0.3 is 14.4 Å². The summed E-state index contributed by atoms with van der Waals surface area (Å²) in [5, 5.41) is 0. The molecule has 0 N–H and O–H groups in total. The summed E-state index contributed by atoms with van der Waals surface area (Å²) in [6.45, 7) is 11.2. The summed E-state index contributed by atoms with van der Waals surface area (Å²) in [6, 6.07) is 0. The summed E-state index contributed by atoms with van der Waals surface area (Å²) in [7, 11) is 0. The summed E-state index contributed by atoms with van der Waals surface area (Å²) < 4.78 is 0. The molecule has 0 aliphatic heterocycles. The standard InChI is InChI=1S/C15H26O3.C6H14/c1-5-6-7-8-15(9-12(2)16,10-13(3)17)11-14(4)18;1-3-5-6-4-2/h5-11H2,1-4H3;3-6H2,1-2H3. The molecule has 0 atom stereocenters. The molecule has 3 heteroatoms. The molecule has 142 valence electrons. The van der Waals surface area contributed by atoms with Gasteiger partial charge in [0, 0.05) is 19.3 Å². The Morgan fingerprint density at radius 1 is 0.583 bits per heavy atom. The SMILES string of the molecule is CCCCCC.CCCCCC(CC(C)=O)(CC(C)=O)CC(C)=O. The Balaban J connectivity index is 0. The smallest absolute Gasteiger partial charge is 0.130 e. The fraction of sp³-hybridized carbons (Fsp3) is 0.857. The maximum atomic E-state index is 11.4. The first kappa shape index (κ1) is 25.3. The minimum atomic E-state index is -0.432. The van der Waals surface area contributed by atoms with Crippen molar-refractivity contribution < 1.29 is 14.4 Å². The summed E-state index contributed by atoms with van der Waals surface area (Å²) >= 11 is 0. The molecule has 0 radical (unpaired) electrons. The molecule has 0 aromatic rings. The van der Waals surface area contributed by atoms with Gasteiger partial charge in [0.1, 0.15) is 17.3 Å². The van der Waals surface area contributed by atoms with Crippen molar-refractivity contribution >= 4 is 17.3 Å². The number of unbranched alkanes of at least 4 members (excludes halogenated alkanes) is 5. The third kappa shape index (κ3) is 15.9. The molecular weight excluding hydrogens is 300 g/mol. The Morgan fingerprint density at radius 3 is 1.12 bits per heavy atom. The van der Waals surface area contributed by atoms with Gasteiger partial charge in [0.25, 0.3) is 0 Å². The highest BCUT2D eigenvalue weighted by Gasteiger charge is 2.33. The van der Waals surface area contributed by atoms with E-state index in [1.807, 2.05) is 0 Å². The minimum Gasteiger partial charge on any atom is -0.300 e. The molecule has 0 fully saturated rings. The molecule has 24 heavy (non-hydrogen) atoms. The van der Waals surface area contributed by atoms with E-state index in [9.17, 15) is 14.4 Å². The van der Waals surface area contributed by atoms with Gasteiger partial charge in [-0.25, -0.2) is 0 Å². The molecule has 0 unspecified atom stereocenters. The molecule has 0 aromatic heterocycles. The monoisotopic (exact) mass is 340 g/mol. The van der Waals surface area contributed by atoms with Crippen molar-refractivity contribution in [1.82, 2.24) is 0 Å². The van der Waals surface area contributed by atoms with Gasteiger partial charge in [0.15, 0.2) is 0 Å². The van der Waals surface area contributed by atoms with Crippen molar-refractivity contribution in [3.8, 4) is 0 Å². The lowest BCUT2D eigenvalue weighted by Gasteiger charge is -2.31. The number of hydrogen-bond acceptors (Lipinski definition) is 3. The molecule has 3 nitrogen and oxygen atoms in total. The molecule has 0 spiro atoms. The van der Waals surface area contributed by atoms with Gasteiger partial charge in [0.2, 0.25) is 0 Å². The van der Waals surface area contributed by atoms with Crippen LogP contribution < -0.4 is 0 Å². The van der Waals surface area contributed by atoms with E-state index in [-0.39, 0.29) is 17.3 Å². The van der Waals surface area contributed by atoms with Crippen LogP contribution >= 0.6 is 0 Å². The van der Waals surface area contributed by atoms with E-state index in [4.69, 9.17) is 0 Å². The fourth-order valence-corrected chi connectivity index (χ4v) is 3.29. The van der Waals surface area contributed by atoms with Crippen LogP contribution in [0, 0.1) is 5.41 Å². The number of carbonyl (C=O) groups is 3. The van der Waals surface area contributed by atoms with Gasteiger partial charge in [-0.3, -0.25) is 0 Å². The second kappa shape index (κ2) is 15.5. The van der Waals surface area contributed by atoms with E-state index in [2.05, 4.69) is 20.8 Å². The first-order chi connectivity index (χ1) is 11.2. The molecule has 0 saturated carbocycles. The summed E-state index contributed by atoms with van der Waals surface area (Å²) in [5.74, 6) is 0.192. The summed E-state index contributed by atoms with van der Waals surface area (Å²) in [5.41, 5.74) is -0.432. The van der Waals surface area contributed by atoms with Crippen LogP contribution in [0.25, 0.3) is 0 Å². The molecule has 0 bridgehead atoms. The molecule has 0 aromatic carbocycles. The third-order valence-corrected chi connectivity index (χ3v) is 4.14. The molecular formula is C21H40O3. The zero-order chi connectivity index (χ0) is 19.0. The lowest BCUT2D eigenvalue weighted by atomic mass is 9.71. The highest BCUT2D eigenvalue weighted by atomic mass is 16.1. The van der Waals surface area contributed by atoms with Crippen LogP contribution in [0.5, 0.6) is 0 Å². The highest BCUT2D eigenvalue weighted by Crippen LogP contribution is 2.37. The number of rotatable bonds is 13. The van der Waals surface area contributed by atoms with Gasteiger partial charge >= 0.3 is 0 Å². The maximum Gasteiger partial charge on any atom is 0.130 e. The third-order valence-electron chi connectivity index (χ3n) is 4.14. The number of hydrogen-bond donors (Lipinski definition) is 0. The summed E-state index contributed by atoms with van der Waals surface area (Å²) in [4.78, 5) is 34.3. The van der Waals surface area contributed by atoms with Crippen LogP contribution in [0.4, 0.5) is 0 Å². The van der Waals surface area contributed by atoms with E-state index < -0.39 is 5.41 Å². The molecule has 0 heterocycles. The zero-order valence-corrected chi connectivity index (χ0v) is 17.0. The predicted molar refractivity (Wildman–Crippen MR) is 102 cm³/mol. The number of Topliss-reactive ketones (excluding diaryl/α,β-unsaturated/α-hetero) is 3. The largest absolute Gasteiger partial charge is 0.300 e. The van der Waals surface area contributed by atoms with Gasteiger partial charge in [-0.05, 0) is 32.6 Å². The van der Waals surface area contributed by atoms with E-state index in [1.54, 1.807) is 0 Å². The van der Waals surface area contributed by atoms with Crippen LogP contribution in [-0.4, -0.2) is 17.3 Å². The van der Waals surface area contributed by atoms with Crippen LogP contribution in [0.2, 0.25) is 0 Å². The Hall–Kier alpha value is -0.990. The quantitative estimate of drug-likeness (QED) is 0.382. The van der Waals surface area contributed by atoms with E-state index in [1.165, 1.54) is 46.5 Å². The Labute approximate surface area is 150 Å². The Bertz CT molecular complexity index is 313. The van der Waals surface area contributed by atoms with Crippen LogP contribution in [0.3, 0.4) is 0 Å². The van der Waals surface area contributed by atoms with Crippen LogP contribution in [0.15, 0.2) is 0 Å². The first-order valence-electron chi connectivity index (χ1n) is 9.71. The lowest BCUT2D eigenvalue weighted by molar-refractivity contribution is -0.125.